The first kappa shape index (κ1) is 16.8. The first-order chi connectivity index (χ1) is 13.2. The van der Waals surface area contributed by atoms with Crippen LogP contribution in [0.4, 0.5) is 0 Å². The topological polar surface area (TPSA) is 63.2 Å². The molecule has 4 aromatic rings. The Bertz CT molecular complexity index is 1110. The van der Waals surface area contributed by atoms with Gasteiger partial charge in [-0.15, -0.1) is 0 Å². The summed E-state index contributed by atoms with van der Waals surface area (Å²) in [5.74, 6) is 0.791. The summed E-state index contributed by atoms with van der Waals surface area (Å²) >= 11 is 0. The van der Waals surface area contributed by atoms with E-state index in [2.05, 4.69) is 22.1 Å². The molecule has 0 aliphatic rings. The molecule has 27 heavy (non-hydrogen) atoms. The molecule has 5 heteroatoms. The van der Waals surface area contributed by atoms with Gasteiger partial charge in [0.05, 0.1) is 30.1 Å². The maximum absolute atomic E-state index is 8.93. The molecule has 3 heterocycles. The first-order valence-corrected chi connectivity index (χ1v) is 8.75. The van der Waals surface area contributed by atoms with Crippen LogP contribution in [-0.2, 0) is 6.42 Å². The molecule has 0 radical (unpaired) electrons. The van der Waals surface area contributed by atoms with E-state index < -0.39 is 0 Å². The molecule has 0 atom stereocenters. The van der Waals surface area contributed by atoms with E-state index in [4.69, 9.17) is 10.00 Å². The van der Waals surface area contributed by atoms with Crippen LogP contribution in [0, 0.1) is 18.3 Å². The normalized spacial score (nSPS) is 10.7. The lowest BCUT2D eigenvalue weighted by atomic mass is 10.1. The van der Waals surface area contributed by atoms with E-state index >= 15 is 0 Å². The van der Waals surface area contributed by atoms with Crippen LogP contribution in [0.15, 0.2) is 67.1 Å². The predicted octanol–water partition coefficient (Wildman–Crippen LogP) is 4.20. The quantitative estimate of drug-likeness (QED) is 0.539. The highest BCUT2D eigenvalue weighted by atomic mass is 16.5. The van der Waals surface area contributed by atoms with Crippen molar-refractivity contribution in [3.05, 3.63) is 83.9 Å². The van der Waals surface area contributed by atoms with Crippen molar-refractivity contribution in [3.63, 3.8) is 0 Å². The number of aromatic nitrogens is 3. The second kappa shape index (κ2) is 7.30. The van der Waals surface area contributed by atoms with Gasteiger partial charge in [-0.2, -0.15) is 5.26 Å². The van der Waals surface area contributed by atoms with E-state index in [0.717, 1.165) is 40.3 Å². The summed E-state index contributed by atoms with van der Waals surface area (Å²) in [6.45, 7) is 2.57. The minimum atomic E-state index is 0.587. The third kappa shape index (κ3) is 3.65. The number of imidazole rings is 1. The third-order valence-corrected chi connectivity index (χ3v) is 4.43. The Kier molecular flexibility index (Phi) is 4.54. The lowest BCUT2D eigenvalue weighted by Crippen LogP contribution is -2.02. The standard InChI is InChI=1S/C22H18N4O/c1-16-2-3-18(14-24-16)9-11-27-20-8-10-26-21(15-25-22(26)12-20)19-6-4-17(13-23)5-7-19/h2-8,10,12,14-15H,9,11H2,1H3. The molecular formula is C22H18N4O. The zero-order valence-corrected chi connectivity index (χ0v) is 15.0. The molecule has 3 aromatic heterocycles. The van der Waals surface area contributed by atoms with Gasteiger partial charge >= 0.3 is 0 Å². The average Bonchev–Trinajstić information content (AvgIpc) is 3.13. The molecular weight excluding hydrogens is 336 g/mol. The highest BCUT2D eigenvalue weighted by molar-refractivity contribution is 5.65. The molecule has 5 nitrogen and oxygen atoms in total. The van der Waals surface area contributed by atoms with Gasteiger partial charge in [-0.1, -0.05) is 18.2 Å². The molecule has 0 fully saturated rings. The number of ether oxygens (including phenoxy) is 1. The van der Waals surface area contributed by atoms with Gasteiger partial charge in [0, 0.05) is 36.1 Å². The Morgan fingerprint density at radius 3 is 2.63 bits per heavy atom. The highest BCUT2D eigenvalue weighted by Crippen LogP contribution is 2.23. The molecule has 0 amide bonds. The number of hydrogen-bond acceptors (Lipinski definition) is 4. The fourth-order valence-corrected chi connectivity index (χ4v) is 2.91. The molecule has 0 spiro atoms. The molecule has 0 bridgehead atoms. The van der Waals surface area contributed by atoms with Gasteiger partial charge in [-0.05, 0) is 36.8 Å². The van der Waals surface area contributed by atoms with Gasteiger partial charge in [0.15, 0.2) is 0 Å². The minimum absolute atomic E-state index is 0.587. The Balaban J connectivity index is 1.48. The minimum Gasteiger partial charge on any atom is -0.493 e. The van der Waals surface area contributed by atoms with Crippen LogP contribution < -0.4 is 4.74 Å². The van der Waals surface area contributed by atoms with Crippen molar-refractivity contribution in [2.45, 2.75) is 13.3 Å². The Hall–Kier alpha value is -3.65. The van der Waals surface area contributed by atoms with Crippen molar-refractivity contribution in [2.75, 3.05) is 6.61 Å². The monoisotopic (exact) mass is 354 g/mol. The SMILES string of the molecule is Cc1ccc(CCOc2ccn3c(-c4ccc(C#N)cc4)cnc3c2)cn1. The fraction of sp³-hybridized carbons (Fsp3) is 0.136. The van der Waals surface area contributed by atoms with Gasteiger partial charge in [-0.25, -0.2) is 4.98 Å². The molecule has 0 aliphatic carbocycles. The van der Waals surface area contributed by atoms with Crippen LogP contribution in [0.3, 0.4) is 0 Å². The van der Waals surface area contributed by atoms with E-state index in [0.29, 0.717) is 12.2 Å². The first-order valence-electron chi connectivity index (χ1n) is 8.75. The molecule has 4 rings (SSSR count). The summed E-state index contributed by atoms with van der Waals surface area (Å²) in [6.07, 6.45) is 6.49. The number of benzene rings is 1. The van der Waals surface area contributed by atoms with Gasteiger partial charge in [-0.3, -0.25) is 9.38 Å². The van der Waals surface area contributed by atoms with Crippen LogP contribution >= 0.6 is 0 Å². The third-order valence-electron chi connectivity index (χ3n) is 4.43. The Labute approximate surface area is 157 Å². The molecule has 0 N–H and O–H groups in total. The number of hydrogen-bond donors (Lipinski definition) is 0. The Morgan fingerprint density at radius 1 is 1.04 bits per heavy atom. The second-order valence-electron chi connectivity index (χ2n) is 6.33. The largest absolute Gasteiger partial charge is 0.493 e. The summed E-state index contributed by atoms with van der Waals surface area (Å²) < 4.78 is 7.89. The highest BCUT2D eigenvalue weighted by Gasteiger charge is 2.07. The molecule has 0 aliphatic heterocycles. The van der Waals surface area contributed by atoms with Crippen LogP contribution in [0.1, 0.15) is 16.8 Å². The van der Waals surface area contributed by atoms with E-state index in [-0.39, 0.29) is 0 Å². The number of pyridine rings is 2. The molecule has 0 saturated carbocycles. The van der Waals surface area contributed by atoms with Crippen molar-refractivity contribution < 1.29 is 4.74 Å². The number of nitrogens with zero attached hydrogens (tertiary/aromatic N) is 4. The summed E-state index contributed by atoms with van der Waals surface area (Å²) in [7, 11) is 0. The van der Waals surface area contributed by atoms with Gasteiger partial charge in [0.1, 0.15) is 11.4 Å². The summed E-state index contributed by atoms with van der Waals surface area (Å²) in [4.78, 5) is 8.78. The average molecular weight is 354 g/mol. The van der Waals surface area contributed by atoms with Crippen molar-refractivity contribution in [3.8, 4) is 23.1 Å². The van der Waals surface area contributed by atoms with Gasteiger partial charge in [0.2, 0.25) is 0 Å². The van der Waals surface area contributed by atoms with Gasteiger partial charge < -0.3 is 4.74 Å². The fourth-order valence-electron chi connectivity index (χ4n) is 2.91. The van der Waals surface area contributed by atoms with Crippen molar-refractivity contribution in [1.29, 1.82) is 5.26 Å². The van der Waals surface area contributed by atoms with Crippen LogP contribution in [0.2, 0.25) is 0 Å². The molecule has 0 saturated heterocycles. The number of nitriles is 1. The smallest absolute Gasteiger partial charge is 0.140 e. The maximum Gasteiger partial charge on any atom is 0.140 e. The lowest BCUT2D eigenvalue weighted by molar-refractivity contribution is 0.321. The van der Waals surface area contributed by atoms with Crippen molar-refractivity contribution >= 4 is 5.65 Å². The number of rotatable bonds is 5. The Morgan fingerprint density at radius 2 is 1.89 bits per heavy atom. The van der Waals surface area contributed by atoms with Gasteiger partial charge in [0.25, 0.3) is 0 Å². The zero-order chi connectivity index (χ0) is 18.6. The van der Waals surface area contributed by atoms with Crippen LogP contribution in [0.25, 0.3) is 16.9 Å². The zero-order valence-electron chi connectivity index (χ0n) is 15.0. The van der Waals surface area contributed by atoms with E-state index in [9.17, 15) is 0 Å². The number of aryl methyl sites for hydroxylation is 1. The van der Waals surface area contributed by atoms with Crippen molar-refractivity contribution in [1.82, 2.24) is 14.4 Å². The predicted molar refractivity (Wildman–Crippen MR) is 104 cm³/mol. The lowest BCUT2D eigenvalue weighted by Gasteiger charge is -2.08. The second-order valence-corrected chi connectivity index (χ2v) is 6.33. The molecule has 0 unspecified atom stereocenters. The van der Waals surface area contributed by atoms with E-state index in [1.54, 1.807) is 0 Å². The van der Waals surface area contributed by atoms with Crippen LogP contribution in [-0.4, -0.2) is 21.0 Å². The molecule has 1 aromatic carbocycles. The summed E-state index contributed by atoms with van der Waals surface area (Å²) in [5.41, 5.74) is 5.64. The number of fused-ring (bicyclic) bond motifs is 1. The van der Waals surface area contributed by atoms with Crippen LogP contribution in [0.5, 0.6) is 5.75 Å². The maximum atomic E-state index is 8.93. The van der Waals surface area contributed by atoms with E-state index in [1.807, 2.05) is 72.4 Å². The molecule has 132 valence electrons. The summed E-state index contributed by atoms with van der Waals surface area (Å²) in [6, 6.07) is 17.6. The van der Waals surface area contributed by atoms with Crippen molar-refractivity contribution in [2.24, 2.45) is 0 Å². The summed E-state index contributed by atoms with van der Waals surface area (Å²) in [5, 5.41) is 8.93. The van der Waals surface area contributed by atoms with E-state index in [1.165, 1.54) is 0 Å².